The molecule has 0 aliphatic heterocycles. The van der Waals surface area contributed by atoms with Gasteiger partial charge >= 0.3 is 0 Å². The molecule has 0 aliphatic rings. The maximum Gasteiger partial charge on any atom is 0.129 e. The summed E-state index contributed by atoms with van der Waals surface area (Å²) in [5.74, 6) is 1.04. The molecule has 0 atom stereocenters. The van der Waals surface area contributed by atoms with Crippen LogP contribution in [0, 0.1) is 0 Å². The Morgan fingerprint density at radius 3 is 1.96 bits per heavy atom. The Morgan fingerprint density at radius 2 is 1.33 bits per heavy atom. The molecular formula is C20H24ClN3. The highest BCUT2D eigenvalue weighted by Crippen LogP contribution is 2.26. The predicted molar refractivity (Wildman–Crippen MR) is 104 cm³/mol. The van der Waals surface area contributed by atoms with E-state index in [0.29, 0.717) is 5.15 Å². The highest BCUT2D eigenvalue weighted by Gasteiger charge is 2.10. The lowest BCUT2D eigenvalue weighted by Gasteiger charge is -2.24. The largest absolute Gasteiger partial charge is 0.357 e. The topological polar surface area (TPSA) is 29.0 Å². The molecule has 3 nitrogen and oxygen atoms in total. The fraction of sp³-hybridized carbons (Fsp3) is 0.400. The van der Waals surface area contributed by atoms with Crippen LogP contribution in [0.15, 0.2) is 36.4 Å². The summed E-state index contributed by atoms with van der Waals surface area (Å²) in [5, 5.41) is 2.69. The summed E-state index contributed by atoms with van der Waals surface area (Å²) < 4.78 is 0. The predicted octanol–water partition coefficient (Wildman–Crippen LogP) is 5.84. The number of nitrogens with zero attached hydrogens (tertiary/aromatic N) is 3. The van der Waals surface area contributed by atoms with Gasteiger partial charge in [0.15, 0.2) is 0 Å². The summed E-state index contributed by atoms with van der Waals surface area (Å²) in [6.45, 7) is 6.55. The zero-order valence-corrected chi connectivity index (χ0v) is 15.2. The van der Waals surface area contributed by atoms with Crippen molar-refractivity contribution in [1.82, 2.24) is 9.97 Å². The molecule has 4 heteroatoms. The molecule has 3 rings (SSSR count). The van der Waals surface area contributed by atoms with Crippen molar-refractivity contribution in [3.05, 3.63) is 41.6 Å². The van der Waals surface area contributed by atoms with Crippen molar-refractivity contribution < 1.29 is 0 Å². The Balaban J connectivity index is 2.07. The minimum Gasteiger partial charge on any atom is -0.357 e. The van der Waals surface area contributed by atoms with Crippen molar-refractivity contribution >= 4 is 39.2 Å². The van der Waals surface area contributed by atoms with Gasteiger partial charge in [-0.25, -0.2) is 9.97 Å². The summed E-state index contributed by atoms with van der Waals surface area (Å²) >= 11 is 6.11. The van der Waals surface area contributed by atoms with Gasteiger partial charge in [0, 0.05) is 23.9 Å². The Kier molecular flexibility index (Phi) is 5.52. The molecule has 0 N–H and O–H groups in total. The quantitative estimate of drug-likeness (QED) is 0.399. The Hall–Kier alpha value is -1.87. The van der Waals surface area contributed by atoms with Gasteiger partial charge in [0.25, 0.3) is 0 Å². The van der Waals surface area contributed by atoms with Crippen molar-refractivity contribution in [1.29, 1.82) is 0 Å². The van der Waals surface area contributed by atoms with Crippen LogP contribution in [0.1, 0.15) is 39.5 Å². The molecule has 0 unspecified atom stereocenters. The molecule has 0 aliphatic carbocycles. The van der Waals surface area contributed by atoms with E-state index in [1.165, 1.54) is 25.7 Å². The first-order valence-corrected chi connectivity index (χ1v) is 9.21. The van der Waals surface area contributed by atoms with Gasteiger partial charge in [-0.3, -0.25) is 0 Å². The number of unbranched alkanes of at least 4 members (excludes halogenated alkanes) is 2. The number of pyridine rings is 2. The van der Waals surface area contributed by atoms with Gasteiger partial charge in [0.2, 0.25) is 0 Å². The minimum atomic E-state index is 0.510. The summed E-state index contributed by atoms with van der Waals surface area (Å²) in [7, 11) is 0. The van der Waals surface area contributed by atoms with E-state index in [1.54, 1.807) is 0 Å². The van der Waals surface area contributed by atoms with Gasteiger partial charge in [0.1, 0.15) is 11.0 Å². The smallest absolute Gasteiger partial charge is 0.129 e. The third-order valence-electron chi connectivity index (χ3n) is 4.36. The fourth-order valence-electron chi connectivity index (χ4n) is 2.95. The standard InChI is InChI=1S/C20H24ClN3/c1-3-5-13-24(14-6-4-2)18-12-10-16-8-7-15-9-11-17(21)22-19(15)20(16)23-18/h7-12H,3-6,13-14H2,1-2H3. The molecule has 1 aromatic carbocycles. The van der Waals surface area contributed by atoms with Crippen LogP contribution in [-0.2, 0) is 0 Å². The summed E-state index contributed by atoms with van der Waals surface area (Å²) in [6, 6.07) is 12.3. The first kappa shape index (κ1) is 17.0. The molecule has 126 valence electrons. The van der Waals surface area contributed by atoms with Crippen LogP contribution in [0.5, 0.6) is 0 Å². The maximum atomic E-state index is 6.11. The third kappa shape index (κ3) is 3.62. The van der Waals surface area contributed by atoms with E-state index in [2.05, 4.69) is 48.0 Å². The van der Waals surface area contributed by atoms with E-state index < -0.39 is 0 Å². The Labute approximate surface area is 148 Å². The Morgan fingerprint density at radius 1 is 0.792 bits per heavy atom. The number of halogens is 1. The molecule has 2 aromatic heterocycles. The molecule has 0 saturated carbocycles. The monoisotopic (exact) mass is 341 g/mol. The van der Waals surface area contributed by atoms with Crippen LogP contribution < -0.4 is 4.90 Å². The Bertz CT molecular complexity index is 824. The number of benzene rings is 1. The van der Waals surface area contributed by atoms with E-state index in [1.807, 2.05) is 12.1 Å². The third-order valence-corrected chi connectivity index (χ3v) is 4.57. The second-order valence-electron chi connectivity index (χ2n) is 6.21. The van der Waals surface area contributed by atoms with Crippen LogP contribution in [-0.4, -0.2) is 23.1 Å². The molecule has 3 aromatic rings. The second kappa shape index (κ2) is 7.80. The molecule has 24 heavy (non-hydrogen) atoms. The molecule has 0 bridgehead atoms. The first-order chi connectivity index (χ1) is 11.7. The summed E-state index contributed by atoms with van der Waals surface area (Å²) in [4.78, 5) is 11.9. The lowest BCUT2D eigenvalue weighted by molar-refractivity contribution is 0.672. The lowest BCUT2D eigenvalue weighted by atomic mass is 10.1. The van der Waals surface area contributed by atoms with Crippen LogP contribution in [0.2, 0.25) is 5.15 Å². The number of fused-ring (bicyclic) bond motifs is 3. The van der Waals surface area contributed by atoms with Crippen molar-refractivity contribution in [3.63, 3.8) is 0 Å². The van der Waals surface area contributed by atoms with Crippen molar-refractivity contribution in [2.24, 2.45) is 0 Å². The van der Waals surface area contributed by atoms with Crippen molar-refractivity contribution in [3.8, 4) is 0 Å². The molecule has 0 amide bonds. The van der Waals surface area contributed by atoms with Crippen LogP contribution >= 0.6 is 11.6 Å². The zero-order valence-electron chi connectivity index (χ0n) is 14.4. The first-order valence-electron chi connectivity index (χ1n) is 8.84. The average Bonchev–Trinajstić information content (AvgIpc) is 2.61. The highest BCUT2D eigenvalue weighted by molar-refractivity contribution is 6.30. The van der Waals surface area contributed by atoms with Crippen molar-refractivity contribution in [2.75, 3.05) is 18.0 Å². The van der Waals surface area contributed by atoms with Gasteiger partial charge in [-0.15, -0.1) is 0 Å². The van der Waals surface area contributed by atoms with E-state index in [4.69, 9.17) is 16.6 Å². The number of hydrogen-bond donors (Lipinski definition) is 0. The molecule has 0 fully saturated rings. The normalized spacial score (nSPS) is 11.3. The van der Waals surface area contributed by atoms with Crippen molar-refractivity contribution in [2.45, 2.75) is 39.5 Å². The minimum absolute atomic E-state index is 0.510. The lowest BCUT2D eigenvalue weighted by Crippen LogP contribution is -2.26. The van der Waals surface area contributed by atoms with Gasteiger partial charge in [-0.1, -0.05) is 50.4 Å². The van der Waals surface area contributed by atoms with Crippen LogP contribution in [0.3, 0.4) is 0 Å². The number of aromatic nitrogens is 2. The number of hydrogen-bond acceptors (Lipinski definition) is 3. The van der Waals surface area contributed by atoms with E-state index in [0.717, 1.165) is 40.7 Å². The molecule has 2 heterocycles. The second-order valence-corrected chi connectivity index (χ2v) is 6.59. The van der Waals surface area contributed by atoms with Gasteiger partial charge < -0.3 is 4.90 Å². The van der Waals surface area contributed by atoms with Gasteiger partial charge in [0.05, 0.1) is 11.0 Å². The SMILES string of the molecule is CCCCN(CCCC)c1ccc2ccc3ccc(Cl)nc3c2n1. The summed E-state index contributed by atoms with van der Waals surface area (Å²) in [5.41, 5.74) is 1.82. The van der Waals surface area contributed by atoms with E-state index in [9.17, 15) is 0 Å². The number of anilines is 1. The maximum absolute atomic E-state index is 6.11. The molecule has 0 radical (unpaired) electrons. The molecule has 0 saturated heterocycles. The highest BCUT2D eigenvalue weighted by atomic mass is 35.5. The molecule has 0 spiro atoms. The zero-order chi connectivity index (χ0) is 16.9. The average molecular weight is 342 g/mol. The van der Waals surface area contributed by atoms with Gasteiger partial charge in [-0.2, -0.15) is 0 Å². The summed E-state index contributed by atoms with van der Waals surface area (Å²) in [6.07, 6.45) is 4.75. The van der Waals surface area contributed by atoms with E-state index >= 15 is 0 Å². The molecular weight excluding hydrogens is 318 g/mol. The fourth-order valence-corrected chi connectivity index (χ4v) is 3.10. The van der Waals surface area contributed by atoms with Crippen LogP contribution in [0.4, 0.5) is 5.82 Å². The van der Waals surface area contributed by atoms with Crippen LogP contribution in [0.25, 0.3) is 21.8 Å². The van der Waals surface area contributed by atoms with Gasteiger partial charge in [-0.05, 0) is 37.1 Å². The van der Waals surface area contributed by atoms with E-state index in [-0.39, 0.29) is 0 Å². The number of rotatable bonds is 7.